The predicted octanol–water partition coefficient (Wildman–Crippen LogP) is -1.95. The number of hydrogen-bond acceptors (Lipinski definition) is 9. The van der Waals surface area contributed by atoms with Crippen LogP contribution in [0, 0.1) is 0 Å². The second-order valence-corrected chi connectivity index (χ2v) is 7.12. The number of esters is 1. The Labute approximate surface area is 175 Å². The van der Waals surface area contributed by atoms with Gasteiger partial charge in [0.15, 0.2) is 0 Å². The fourth-order valence-electron chi connectivity index (χ4n) is 1.66. The highest BCUT2D eigenvalue weighted by Gasteiger charge is 2.22. The number of para-hydroxylation sites is 1. The highest BCUT2D eigenvalue weighted by molar-refractivity contribution is 5.91. The van der Waals surface area contributed by atoms with Gasteiger partial charge in [0.05, 0.1) is 41.0 Å². The number of rotatable bonds is 8. The van der Waals surface area contributed by atoms with Crippen molar-refractivity contribution >= 4 is 11.9 Å². The van der Waals surface area contributed by atoms with Crippen molar-refractivity contribution in [1.29, 1.82) is 0 Å². The summed E-state index contributed by atoms with van der Waals surface area (Å²) in [4.78, 5) is 21.2. The van der Waals surface area contributed by atoms with Crippen LogP contribution >= 0.6 is 0 Å². The molecular weight excluding hydrogens is 402 g/mol. The summed E-state index contributed by atoms with van der Waals surface area (Å²) in [5.41, 5.74) is -0.0160. The van der Waals surface area contributed by atoms with E-state index in [1.165, 1.54) is 19.1 Å². The summed E-state index contributed by atoms with van der Waals surface area (Å²) in [5.74, 6) is -1.58. The van der Waals surface area contributed by atoms with Crippen molar-refractivity contribution in [3.63, 3.8) is 0 Å². The van der Waals surface area contributed by atoms with E-state index in [4.69, 9.17) is 35.7 Å². The van der Waals surface area contributed by atoms with Crippen LogP contribution in [0.1, 0.15) is 17.3 Å². The van der Waals surface area contributed by atoms with E-state index in [0.29, 0.717) is 0 Å². The molecule has 0 aromatic heterocycles. The number of ether oxygens (including phenoxy) is 1. The molecule has 11 heteroatoms. The summed E-state index contributed by atoms with van der Waals surface area (Å²) in [6.45, 7) is 1.05. The van der Waals surface area contributed by atoms with E-state index in [-0.39, 0.29) is 17.9 Å². The largest absolute Gasteiger partial charge is 0.478 e. The molecule has 1 aromatic rings. The van der Waals surface area contributed by atoms with Crippen molar-refractivity contribution in [3.05, 3.63) is 29.8 Å². The Bertz CT molecular complexity index is 608. The molecule has 0 saturated carbocycles. The first-order valence-electron chi connectivity index (χ1n) is 8.98. The van der Waals surface area contributed by atoms with Gasteiger partial charge < -0.3 is 45.0 Å². The molecule has 174 valence electrons. The predicted molar refractivity (Wildman–Crippen MR) is 107 cm³/mol. The molecule has 7 N–H and O–H groups in total. The van der Waals surface area contributed by atoms with E-state index in [2.05, 4.69) is 25.9 Å². The number of likely N-dealkylation sites (N-methyl/N-ethyl adjacent to an activating group) is 1. The topological polar surface area (TPSA) is 185 Å². The minimum Gasteiger partial charge on any atom is -0.478 e. The Morgan fingerprint density at radius 3 is 1.73 bits per heavy atom. The minimum absolute atomic E-state index is 0.0160. The SMILES string of the molecule is CC(=O)Oc1ccccc1C(=O)O.C[N+](C)(C)CCO.OC[C@@H](O)[C@H](O)[C@@H](O)CO. The molecular formula is C19H34NO10+. The highest BCUT2D eigenvalue weighted by Crippen LogP contribution is 2.17. The number of carbonyl (C=O) groups is 2. The van der Waals surface area contributed by atoms with Crippen LogP contribution < -0.4 is 4.74 Å². The van der Waals surface area contributed by atoms with E-state index in [1.54, 1.807) is 12.1 Å². The number of hydrogen-bond donors (Lipinski definition) is 7. The lowest BCUT2D eigenvalue weighted by atomic mass is 10.1. The lowest BCUT2D eigenvalue weighted by molar-refractivity contribution is -0.870. The van der Waals surface area contributed by atoms with Gasteiger partial charge in [-0.15, -0.1) is 0 Å². The van der Waals surface area contributed by atoms with Crippen LogP contribution in [0.4, 0.5) is 0 Å². The third kappa shape index (κ3) is 14.8. The molecule has 0 aliphatic rings. The summed E-state index contributed by atoms with van der Waals surface area (Å²) in [6.07, 6.45) is -4.29. The van der Waals surface area contributed by atoms with E-state index >= 15 is 0 Å². The molecule has 1 rings (SSSR count). The van der Waals surface area contributed by atoms with Gasteiger partial charge >= 0.3 is 11.9 Å². The summed E-state index contributed by atoms with van der Waals surface area (Å²) in [5, 5.41) is 59.6. The first kappa shape index (κ1) is 30.1. The molecule has 3 atom stereocenters. The zero-order valence-electron chi connectivity index (χ0n) is 17.7. The van der Waals surface area contributed by atoms with Crippen molar-refractivity contribution in [1.82, 2.24) is 0 Å². The molecule has 0 spiro atoms. The molecule has 11 nitrogen and oxygen atoms in total. The van der Waals surface area contributed by atoms with Gasteiger partial charge in [0.2, 0.25) is 0 Å². The van der Waals surface area contributed by atoms with Crippen LogP contribution in [-0.4, -0.2) is 118 Å². The van der Waals surface area contributed by atoms with Gasteiger partial charge in [0.25, 0.3) is 0 Å². The van der Waals surface area contributed by atoms with Crippen LogP contribution in [0.5, 0.6) is 5.75 Å². The van der Waals surface area contributed by atoms with Gasteiger partial charge in [-0.05, 0) is 12.1 Å². The number of aliphatic hydroxyl groups is 6. The van der Waals surface area contributed by atoms with E-state index in [1.807, 2.05) is 0 Å². The number of aliphatic hydroxyl groups excluding tert-OH is 6. The van der Waals surface area contributed by atoms with Gasteiger partial charge in [-0.1, -0.05) is 12.1 Å². The second-order valence-electron chi connectivity index (χ2n) is 7.12. The molecule has 0 fully saturated rings. The summed E-state index contributed by atoms with van der Waals surface area (Å²) in [6, 6.07) is 5.98. The third-order valence-corrected chi connectivity index (χ3v) is 3.30. The number of benzene rings is 1. The van der Waals surface area contributed by atoms with Crippen molar-refractivity contribution < 1.29 is 54.6 Å². The minimum atomic E-state index is -1.49. The van der Waals surface area contributed by atoms with E-state index < -0.39 is 43.5 Å². The van der Waals surface area contributed by atoms with Crippen LogP contribution in [0.2, 0.25) is 0 Å². The molecule has 0 unspecified atom stereocenters. The number of carboxylic acids is 1. The Balaban J connectivity index is 0. The number of carboxylic acid groups (broad SMARTS) is 1. The summed E-state index contributed by atoms with van der Waals surface area (Å²) in [7, 11) is 6.16. The molecule has 0 heterocycles. The zero-order valence-corrected chi connectivity index (χ0v) is 17.7. The van der Waals surface area contributed by atoms with Gasteiger partial charge in [0, 0.05) is 6.92 Å². The fourth-order valence-corrected chi connectivity index (χ4v) is 1.66. The zero-order chi connectivity index (χ0) is 23.9. The first-order chi connectivity index (χ1) is 13.8. The lowest BCUT2D eigenvalue weighted by Gasteiger charge is -2.21. The second kappa shape index (κ2) is 15.7. The van der Waals surface area contributed by atoms with Crippen LogP contribution in [0.25, 0.3) is 0 Å². The number of quaternary nitrogens is 1. The van der Waals surface area contributed by atoms with Crippen LogP contribution in [0.3, 0.4) is 0 Å². The third-order valence-electron chi connectivity index (χ3n) is 3.30. The number of carbonyl (C=O) groups excluding carboxylic acids is 1. The quantitative estimate of drug-likeness (QED) is 0.137. The number of aromatic carboxylic acids is 1. The monoisotopic (exact) mass is 436 g/mol. The fraction of sp³-hybridized carbons (Fsp3) is 0.579. The Morgan fingerprint density at radius 2 is 1.43 bits per heavy atom. The van der Waals surface area contributed by atoms with Gasteiger partial charge in [-0.3, -0.25) is 4.79 Å². The maximum Gasteiger partial charge on any atom is 0.339 e. The molecule has 0 aliphatic heterocycles. The van der Waals surface area contributed by atoms with Crippen molar-refractivity contribution in [2.45, 2.75) is 25.2 Å². The maximum absolute atomic E-state index is 10.6. The van der Waals surface area contributed by atoms with Crippen LogP contribution in [0.15, 0.2) is 24.3 Å². The number of nitrogens with zero attached hydrogens (tertiary/aromatic N) is 1. The smallest absolute Gasteiger partial charge is 0.339 e. The molecule has 0 saturated heterocycles. The molecule has 0 bridgehead atoms. The Hall–Kier alpha value is -2.12. The standard InChI is InChI=1S/C9H8O4.C5H14NO.C5H12O5/c1-6(10)13-8-5-3-2-4-7(8)9(11)12;1-6(2,3)4-5-7;6-1-3(8)5(10)4(9)2-7/h2-5H,1H3,(H,11,12);7H,4-5H2,1-3H3;3-10H,1-2H2/q;+1;/t;;3-,4+,5+. The molecule has 1 aromatic carbocycles. The van der Waals surface area contributed by atoms with Crippen LogP contribution in [-0.2, 0) is 4.79 Å². The average molecular weight is 436 g/mol. The Kier molecular flexibility index (Phi) is 15.7. The van der Waals surface area contributed by atoms with Gasteiger partial charge in [0.1, 0.15) is 36.2 Å². The average Bonchev–Trinajstić information content (AvgIpc) is 2.66. The molecule has 0 amide bonds. The van der Waals surface area contributed by atoms with Crippen molar-refractivity contribution in [3.8, 4) is 5.75 Å². The summed E-state index contributed by atoms with van der Waals surface area (Å²) < 4.78 is 5.53. The molecule has 0 radical (unpaired) electrons. The molecule has 30 heavy (non-hydrogen) atoms. The maximum atomic E-state index is 10.6. The van der Waals surface area contributed by atoms with E-state index in [9.17, 15) is 9.59 Å². The highest BCUT2D eigenvalue weighted by atomic mass is 16.5. The molecule has 0 aliphatic carbocycles. The van der Waals surface area contributed by atoms with Crippen molar-refractivity contribution in [2.24, 2.45) is 0 Å². The summed E-state index contributed by atoms with van der Waals surface area (Å²) >= 11 is 0. The normalized spacial score (nSPS) is 13.5. The van der Waals surface area contributed by atoms with Crippen molar-refractivity contribution in [2.75, 3.05) is 47.5 Å². The van der Waals surface area contributed by atoms with Gasteiger partial charge in [-0.25, -0.2) is 4.79 Å². The van der Waals surface area contributed by atoms with E-state index in [0.717, 1.165) is 11.0 Å². The lowest BCUT2D eigenvalue weighted by Crippen LogP contribution is -2.41. The Morgan fingerprint density at radius 1 is 0.967 bits per heavy atom. The first-order valence-corrected chi connectivity index (χ1v) is 8.98. The van der Waals surface area contributed by atoms with Gasteiger partial charge in [-0.2, -0.15) is 0 Å².